The molecule has 2 aliphatic rings. The van der Waals surface area contributed by atoms with Gasteiger partial charge >= 0.3 is 6.03 Å². The second-order valence-corrected chi connectivity index (χ2v) is 8.84. The molecule has 0 saturated heterocycles. The van der Waals surface area contributed by atoms with Crippen LogP contribution in [0.25, 0.3) is 0 Å². The predicted octanol–water partition coefficient (Wildman–Crippen LogP) is 4.09. The molecule has 3 aromatic rings. The molecule has 0 radical (unpaired) electrons. The summed E-state index contributed by atoms with van der Waals surface area (Å²) in [6.45, 7) is 2.59. The van der Waals surface area contributed by atoms with Crippen molar-refractivity contribution in [2.75, 3.05) is 23.6 Å². The van der Waals surface area contributed by atoms with Crippen molar-refractivity contribution >= 4 is 39.2 Å². The van der Waals surface area contributed by atoms with Crippen LogP contribution in [0.2, 0.25) is 0 Å². The standard InChI is InChI=1S/C25H22BrN3O6/c1-2-33-18-7-5-17(6-8-18)29-24(31)28-20-9-4-16(26)12-19(20)25(29,32)23(30)27-13-15-3-10-21-22(11-15)35-14-34-21/h3-12,32H,2,13-14H2,1H3,(H,27,30)(H,28,31). The van der Waals surface area contributed by atoms with Crippen molar-refractivity contribution in [1.29, 1.82) is 0 Å². The number of amides is 3. The topological polar surface area (TPSA) is 109 Å². The molecule has 0 spiro atoms. The zero-order valence-electron chi connectivity index (χ0n) is 18.7. The van der Waals surface area contributed by atoms with Crippen LogP contribution < -0.4 is 29.7 Å². The summed E-state index contributed by atoms with van der Waals surface area (Å²) in [5, 5.41) is 17.5. The summed E-state index contributed by atoms with van der Waals surface area (Å²) in [7, 11) is 0. The Morgan fingerprint density at radius 3 is 2.69 bits per heavy atom. The van der Waals surface area contributed by atoms with Crippen LogP contribution >= 0.6 is 15.9 Å². The Kier molecular flexibility index (Phi) is 6.00. The molecule has 9 nitrogen and oxygen atoms in total. The van der Waals surface area contributed by atoms with Crippen LogP contribution in [-0.2, 0) is 17.1 Å². The molecule has 0 fully saturated rings. The molecule has 0 bridgehead atoms. The Labute approximate surface area is 209 Å². The van der Waals surface area contributed by atoms with E-state index in [2.05, 4.69) is 26.6 Å². The Morgan fingerprint density at radius 2 is 1.91 bits per heavy atom. The van der Waals surface area contributed by atoms with Crippen LogP contribution in [0.4, 0.5) is 16.2 Å². The number of nitrogens with zero attached hydrogens (tertiary/aromatic N) is 1. The number of anilines is 2. The molecule has 0 aliphatic carbocycles. The summed E-state index contributed by atoms with van der Waals surface area (Å²) in [5.74, 6) is 1.05. The minimum Gasteiger partial charge on any atom is -0.494 e. The normalized spacial score (nSPS) is 18.0. The van der Waals surface area contributed by atoms with Gasteiger partial charge in [0.2, 0.25) is 6.79 Å². The average Bonchev–Trinajstić information content (AvgIpc) is 3.32. The highest BCUT2D eigenvalue weighted by Crippen LogP contribution is 2.41. The van der Waals surface area contributed by atoms with Gasteiger partial charge in [-0.3, -0.25) is 9.69 Å². The summed E-state index contributed by atoms with van der Waals surface area (Å²) >= 11 is 3.40. The summed E-state index contributed by atoms with van der Waals surface area (Å²) in [4.78, 5) is 27.8. The second kappa shape index (κ2) is 9.12. The highest BCUT2D eigenvalue weighted by atomic mass is 79.9. The third kappa shape index (κ3) is 4.15. The van der Waals surface area contributed by atoms with Gasteiger partial charge in [0.25, 0.3) is 11.6 Å². The first-order valence-corrected chi connectivity index (χ1v) is 11.7. The lowest BCUT2D eigenvalue weighted by molar-refractivity contribution is -0.140. The molecule has 10 heteroatoms. The summed E-state index contributed by atoms with van der Waals surface area (Å²) in [6, 6.07) is 16.2. The molecule has 1 unspecified atom stereocenters. The molecular formula is C25H22BrN3O6. The van der Waals surface area contributed by atoms with E-state index in [0.29, 0.717) is 39.7 Å². The van der Waals surface area contributed by atoms with E-state index in [0.717, 1.165) is 10.5 Å². The van der Waals surface area contributed by atoms with Crippen molar-refractivity contribution < 1.29 is 28.9 Å². The van der Waals surface area contributed by atoms with Gasteiger partial charge in [-0.15, -0.1) is 0 Å². The van der Waals surface area contributed by atoms with Gasteiger partial charge in [-0.25, -0.2) is 4.79 Å². The molecule has 35 heavy (non-hydrogen) atoms. The van der Waals surface area contributed by atoms with Gasteiger partial charge in [0, 0.05) is 22.3 Å². The molecule has 2 heterocycles. The summed E-state index contributed by atoms with van der Waals surface area (Å²) < 4.78 is 16.8. The van der Waals surface area contributed by atoms with Gasteiger partial charge in [0.1, 0.15) is 5.75 Å². The number of carbonyl (C=O) groups is 2. The van der Waals surface area contributed by atoms with E-state index in [-0.39, 0.29) is 18.9 Å². The molecule has 1 atom stereocenters. The fourth-order valence-corrected chi connectivity index (χ4v) is 4.46. The maximum Gasteiger partial charge on any atom is 0.329 e. The van der Waals surface area contributed by atoms with Crippen LogP contribution in [0.3, 0.4) is 0 Å². The Bertz CT molecular complexity index is 1300. The third-order valence-electron chi connectivity index (χ3n) is 5.74. The first-order valence-electron chi connectivity index (χ1n) is 10.9. The Morgan fingerprint density at radius 1 is 1.14 bits per heavy atom. The van der Waals surface area contributed by atoms with Gasteiger partial charge in [0.05, 0.1) is 12.3 Å². The molecule has 180 valence electrons. The maximum absolute atomic E-state index is 13.6. The smallest absolute Gasteiger partial charge is 0.329 e. The predicted molar refractivity (Wildman–Crippen MR) is 132 cm³/mol. The number of rotatable bonds is 6. The van der Waals surface area contributed by atoms with E-state index in [9.17, 15) is 14.7 Å². The quantitative estimate of drug-likeness (QED) is 0.435. The van der Waals surface area contributed by atoms with E-state index in [1.54, 1.807) is 60.7 Å². The van der Waals surface area contributed by atoms with Gasteiger partial charge in [-0.1, -0.05) is 22.0 Å². The van der Waals surface area contributed by atoms with Crippen molar-refractivity contribution in [3.05, 3.63) is 76.3 Å². The highest BCUT2D eigenvalue weighted by molar-refractivity contribution is 9.10. The first kappa shape index (κ1) is 23.0. The lowest BCUT2D eigenvalue weighted by atomic mass is 9.94. The monoisotopic (exact) mass is 539 g/mol. The number of hydrogen-bond donors (Lipinski definition) is 3. The van der Waals surface area contributed by atoms with Gasteiger partial charge < -0.3 is 30.0 Å². The number of nitrogens with one attached hydrogen (secondary N) is 2. The lowest BCUT2D eigenvalue weighted by Gasteiger charge is -2.42. The van der Waals surface area contributed by atoms with Crippen LogP contribution in [0.15, 0.2) is 65.1 Å². The molecule has 0 aromatic heterocycles. The number of halogens is 1. The zero-order valence-corrected chi connectivity index (χ0v) is 20.3. The van der Waals surface area contributed by atoms with Gasteiger partial charge in [-0.05, 0) is 67.1 Å². The fraction of sp³-hybridized carbons (Fsp3) is 0.200. The van der Waals surface area contributed by atoms with Crippen molar-refractivity contribution in [2.24, 2.45) is 0 Å². The van der Waals surface area contributed by atoms with Gasteiger partial charge in [0.15, 0.2) is 11.5 Å². The first-order chi connectivity index (χ1) is 16.9. The summed E-state index contributed by atoms with van der Waals surface area (Å²) in [6.07, 6.45) is 0. The Hall–Kier alpha value is -3.76. The lowest BCUT2D eigenvalue weighted by Crippen LogP contribution is -2.62. The minimum absolute atomic E-state index is 0.0971. The van der Waals surface area contributed by atoms with E-state index in [1.807, 2.05) is 6.92 Å². The fourth-order valence-electron chi connectivity index (χ4n) is 4.09. The van der Waals surface area contributed by atoms with E-state index >= 15 is 0 Å². The number of fused-ring (bicyclic) bond motifs is 2. The van der Waals surface area contributed by atoms with Crippen molar-refractivity contribution in [2.45, 2.75) is 19.2 Å². The van der Waals surface area contributed by atoms with Crippen molar-refractivity contribution in [3.8, 4) is 17.2 Å². The van der Waals surface area contributed by atoms with E-state index in [1.165, 1.54) is 0 Å². The van der Waals surface area contributed by atoms with Crippen LogP contribution in [0.5, 0.6) is 17.2 Å². The van der Waals surface area contributed by atoms with E-state index < -0.39 is 17.7 Å². The van der Waals surface area contributed by atoms with Gasteiger partial charge in [-0.2, -0.15) is 0 Å². The minimum atomic E-state index is -2.33. The molecule has 5 rings (SSSR count). The van der Waals surface area contributed by atoms with Crippen molar-refractivity contribution in [1.82, 2.24) is 5.32 Å². The largest absolute Gasteiger partial charge is 0.494 e. The number of benzene rings is 3. The highest BCUT2D eigenvalue weighted by Gasteiger charge is 2.52. The van der Waals surface area contributed by atoms with Crippen LogP contribution in [-0.4, -0.2) is 30.4 Å². The number of aliphatic hydroxyl groups is 1. The summed E-state index contributed by atoms with van der Waals surface area (Å²) in [5.41, 5.74) is -0.708. The van der Waals surface area contributed by atoms with Crippen LogP contribution in [0, 0.1) is 0 Å². The molecule has 3 amide bonds. The maximum atomic E-state index is 13.6. The van der Waals surface area contributed by atoms with Crippen molar-refractivity contribution in [3.63, 3.8) is 0 Å². The number of carbonyl (C=O) groups excluding carboxylic acids is 2. The van der Waals surface area contributed by atoms with Crippen LogP contribution in [0.1, 0.15) is 18.1 Å². The molecule has 0 saturated carbocycles. The molecule has 2 aliphatic heterocycles. The zero-order chi connectivity index (χ0) is 24.6. The SMILES string of the molecule is CCOc1ccc(N2C(=O)Nc3ccc(Br)cc3C2(O)C(=O)NCc2ccc3c(c2)OCO3)cc1. The number of ether oxygens (including phenoxy) is 3. The number of urea groups is 1. The molecule has 3 N–H and O–H groups in total. The third-order valence-corrected chi connectivity index (χ3v) is 6.23. The molecular weight excluding hydrogens is 518 g/mol. The second-order valence-electron chi connectivity index (χ2n) is 7.92. The Balaban J connectivity index is 1.50. The number of hydrogen-bond acceptors (Lipinski definition) is 6. The average molecular weight is 540 g/mol. The molecule has 3 aromatic carbocycles. The van der Waals surface area contributed by atoms with E-state index in [4.69, 9.17) is 14.2 Å².